The predicted molar refractivity (Wildman–Crippen MR) is 86.8 cm³/mol. The van der Waals surface area contributed by atoms with Crippen molar-refractivity contribution in [2.24, 2.45) is 0 Å². The highest BCUT2D eigenvalue weighted by Crippen LogP contribution is 2.33. The summed E-state index contributed by atoms with van der Waals surface area (Å²) in [4.78, 5) is 8.89. The Morgan fingerprint density at radius 1 is 1.19 bits per heavy atom. The molecule has 0 saturated carbocycles. The van der Waals surface area contributed by atoms with E-state index in [9.17, 15) is 0 Å². The van der Waals surface area contributed by atoms with Gasteiger partial charge in [0.1, 0.15) is 17.4 Å². The Morgan fingerprint density at radius 3 is 2.57 bits per heavy atom. The molecule has 0 aliphatic carbocycles. The van der Waals surface area contributed by atoms with E-state index in [-0.39, 0.29) is 0 Å². The molecule has 1 N–H and O–H groups in total. The summed E-state index contributed by atoms with van der Waals surface area (Å²) < 4.78 is 5.84. The number of ether oxygens (including phenoxy) is 1. The van der Waals surface area contributed by atoms with Gasteiger partial charge < -0.3 is 10.1 Å². The Morgan fingerprint density at radius 2 is 1.95 bits per heavy atom. The van der Waals surface area contributed by atoms with Crippen LogP contribution in [-0.2, 0) is 6.42 Å². The van der Waals surface area contributed by atoms with Gasteiger partial charge in [-0.25, -0.2) is 4.98 Å². The summed E-state index contributed by atoms with van der Waals surface area (Å²) in [7, 11) is 0. The van der Waals surface area contributed by atoms with Gasteiger partial charge in [-0.3, -0.25) is 0 Å². The fourth-order valence-electron chi connectivity index (χ4n) is 1.80. The Bertz CT molecular complexity index is 647. The van der Waals surface area contributed by atoms with Crippen molar-refractivity contribution in [1.82, 2.24) is 9.97 Å². The third-order valence-corrected chi connectivity index (χ3v) is 3.44. The van der Waals surface area contributed by atoms with E-state index in [0.717, 1.165) is 30.2 Å². The van der Waals surface area contributed by atoms with Gasteiger partial charge in [0.2, 0.25) is 5.88 Å². The minimum Gasteiger partial charge on any atom is -0.437 e. The largest absolute Gasteiger partial charge is 0.437 e. The first-order valence-electron chi connectivity index (χ1n) is 6.79. The molecule has 0 amide bonds. The van der Waals surface area contributed by atoms with Crippen LogP contribution in [0.5, 0.6) is 11.6 Å². The van der Waals surface area contributed by atoms with Gasteiger partial charge >= 0.3 is 0 Å². The lowest BCUT2D eigenvalue weighted by molar-refractivity contribution is 0.455. The molecule has 6 heteroatoms. The molecule has 0 radical (unpaired) electrons. The fraction of sp³-hybridized carbons (Fsp3) is 0.333. The van der Waals surface area contributed by atoms with Gasteiger partial charge in [-0.1, -0.05) is 30.1 Å². The van der Waals surface area contributed by atoms with E-state index in [1.54, 1.807) is 18.2 Å². The first kappa shape index (κ1) is 15.9. The molecule has 21 heavy (non-hydrogen) atoms. The standard InChI is InChI=1S/C15H17Cl2N3O/c1-4-13-19-14(18-5-2)9(3)15(20-13)21-12-7-6-10(16)8-11(12)17/h6-8H,4-5H2,1-3H3,(H,18,19,20). The molecular weight excluding hydrogens is 309 g/mol. The maximum atomic E-state index is 6.14. The van der Waals surface area contributed by atoms with E-state index in [0.29, 0.717) is 21.7 Å². The number of halogens is 2. The molecule has 1 aromatic heterocycles. The summed E-state index contributed by atoms with van der Waals surface area (Å²) in [5.41, 5.74) is 0.847. The summed E-state index contributed by atoms with van der Waals surface area (Å²) >= 11 is 12.0. The van der Waals surface area contributed by atoms with E-state index in [1.807, 2.05) is 20.8 Å². The highest BCUT2D eigenvalue weighted by molar-refractivity contribution is 6.35. The van der Waals surface area contributed by atoms with Crippen LogP contribution >= 0.6 is 23.2 Å². The first-order valence-corrected chi connectivity index (χ1v) is 7.55. The van der Waals surface area contributed by atoms with Gasteiger partial charge in [0.25, 0.3) is 0 Å². The average Bonchev–Trinajstić information content (AvgIpc) is 2.46. The SMILES string of the molecule is CCNc1nc(CC)nc(Oc2ccc(Cl)cc2Cl)c1C. The Balaban J connectivity index is 2.40. The number of nitrogens with one attached hydrogen (secondary N) is 1. The number of aromatic nitrogens is 2. The number of rotatable bonds is 5. The molecule has 0 aliphatic rings. The molecule has 1 aromatic carbocycles. The molecule has 0 saturated heterocycles. The van der Waals surface area contributed by atoms with Gasteiger partial charge in [-0.15, -0.1) is 0 Å². The van der Waals surface area contributed by atoms with Crippen LogP contribution in [-0.4, -0.2) is 16.5 Å². The monoisotopic (exact) mass is 325 g/mol. The van der Waals surface area contributed by atoms with Gasteiger partial charge in [0.15, 0.2) is 0 Å². The zero-order valence-corrected chi connectivity index (χ0v) is 13.7. The first-order chi connectivity index (χ1) is 10.0. The Hall–Kier alpha value is -1.52. The van der Waals surface area contributed by atoms with Crippen molar-refractivity contribution in [3.63, 3.8) is 0 Å². The topological polar surface area (TPSA) is 47.0 Å². The maximum absolute atomic E-state index is 6.14. The summed E-state index contributed by atoms with van der Waals surface area (Å²) in [6.45, 7) is 6.71. The second-order valence-electron chi connectivity index (χ2n) is 4.48. The number of hydrogen-bond donors (Lipinski definition) is 1. The Kier molecular flexibility index (Phi) is 5.26. The van der Waals surface area contributed by atoms with Crippen LogP contribution in [0, 0.1) is 6.92 Å². The van der Waals surface area contributed by atoms with Gasteiger partial charge in [-0.05, 0) is 32.0 Å². The molecule has 0 bridgehead atoms. The van der Waals surface area contributed by atoms with Crippen molar-refractivity contribution < 1.29 is 4.74 Å². The minimum atomic E-state index is 0.448. The smallest absolute Gasteiger partial charge is 0.227 e. The molecule has 2 rings (SSSR count). The molecule has 0 aliphatic heterocycles. The lowest BCUT2D eigenvalue weighted by Crippen LogP contribution is -2.07. The quantitative estimate of drug-likeness (QED) is 0.851. The summed E-state index contributed by atoms with van der Waals surface area (Å²) in [6.07, 6.45) is 0.726. The predicted octanol–water partition coefficient (Wildman–Crippen LogP) is 4.88. The van der Waals surface area contributed by atoms with Gasteiger partial charge in [0, 0.05) is 18.0 Å². The highest BCUT2D eigenvalue weighted by Gasteiger charge is 2.13. The Labute approximate surface area is 134 Å². The van der Waals surface area contributed by atoms with E-state index in [4.69, 9.17) is 27.9 Å². The van der Waals surface area contributed by atoms with Crippen LogP contribution in [0.1, 0.15) is 25.2 Å². The third-order valence-electron chi connectivity index (χ3n) is 2.91. The van der Waals surface area contributed by atoms with Crippen LogP contribution in [0.15, 0.2) is 18.2 Å². The molecule has 0 spiro atoms. The zero-order valence-electron chi connectivity index (χ0n) is 12.2. The summed E-state index contributed by atoms with van der Waals surface area (Å²) in [5, 5.41) is 4.23. The highest BCUT2D eigenvalue weighted by atomic mass is 35.5. The number of aryl methyl sites for hydroxylation is 1. The van der Waals surface area contributed by atoms with Crippen molar-refractivity contribution in [1.29, 1.82) is 0 Å². The molecule has 1 heterocycles. The normalized spacial score (nSPS) is 10.5. The second kappa shape index (κ2) is 6.96. The van der Waals surface area contributed by atoms with Crippen molar-refractivity contribution in [3.8, 4) is 11.6 Å². The van der Waals surface area contributed by atoms with Crippen LogP contribution in [0.3, 0.4) is 0 Å². The van der Waals surface area contributed by atoms with Crippen LogP contribution in [0.4, 0.5) is 5.82 Å². The molecule has 0 unspecified atom stereocenters. The summed E-state index contributed by atoms with van der Waals surface area (Å²) in [5.74, 6) is 2.52. The molecular formula is C15H17Cl2N3O. The lowest BCUT2D eigenvalue weighted by atomic mass is 10.3. The van der Waals surface area contributed by atoms with Crippen LogP contribution in [0.2, 0.25) is 10.0 Å². The number of benzene rings is 1. The minimum absolute atomic E-state index is 0.448. The third kappa shape index (κ3) is 3.77. The molecule has 4 nitrogen and oxygen atoms in total. The van der Waals surface area contributed by atoms with Crippen molar-refractivity contribution in [2.75, 3.05) is 11.9 Å². The van der Waals surface area contributed by atoms with Crippen molar-refractivity contribution in [2.45, 2.75) is 27.2 Å². The van der Waals surface area contributed by atoms with Gasteiger partial charge in [-0.2, -0.15) is 4.98 Å². The van der Waals surface area contributed by atoms with E-state index >= 15 is 0 Å². The number of anilines is 1. The van der Waals surface area contributed by atoms with Crippen LogP contribution < -0.4 is 10.1 Å². The fourth-order valence-corrected chi connectivity index (χ4v) is 2.25. The number of nitrogens with zero attached hydrogens (tertiary/aromatic N) is 2. The maximum Gasteiger partial charge on any atom is 0.227 e. The van der Waals surface area contributed by atoms with Crippen molar-refractivity contribution in [3.05, 3.63) is 39.6 Å². The average molecular weight is 326 g/mol. The molecule has 2 aromatic rings. The zero-order chi connectivity index (χ0) is 15.4. The number of hydrogen-bond acceptors (Lipinski definition) is 4. The van der Waals surface area contributed by atoms with E-state index in [2.05, 4.69) is 15.3 Å². The van der Waals surface area contributed by atoms with E-state index in [1.165, 1.54) is 0 Å². The van der Waals surface area contributed by atoms with Gasteiger partial charge in [0.05, 0.1) is 10.6 Å². The molecule has 0 atom stereocenters. The van der Waals surface area contributed by atoms with Crippen molar-refractivity contribution >= 4 is 29.0 Å². The summed E-state index contributed by atoms with van der Waals surface area (Å²) in [6, 6.07) is 5.09. The van der Waals surface area contributed by atoms with Crippen LogP contribution in [0.25, 0.3) is 0 Å². The molecule has 112 valence electrons. The van der Waals surface area contributed by atoms with E-state index < -0.39 is 0 Å². The second-order valence-corrected chi connectivity index (χ2v) is 5.32. The molecule has 0 fully saturated rings. The lowest BCUT2D eigenvalue weighted by Gasteiger charge is -2.14.